The molecule has 0 saturated carbocycles. The van der Waals surface area contributed by atoms with Gasteiger partial charge in [0.05, 0.1) is 5.39 Å². The molecule has 1 saturated heterocycles. The van der Waals surface area contributed by atoms with Crippen molar-refractivity contribution in [1.29, 1.82) is 0 Å². The van der Waals surface area contributed by atoms with Crippen molar-refractivity contribution in [2.45, 2.75) is 6.92 Å². The summed E-state index contributed by atoms with van der Waals surface area (Å²) < 4.78 is 26.8. The lowest BCUT2D eigenvalue weighted by molar-refractivity contribution is 0.389. The molecule has 0 atom stereocenters. The first-order valence-electron chi connectivity index (χ1n) is 8.72. The Hall–Kier alpha value is -2.29. The SMILES string of the molecule is Cc1cc2c(N3CCN(S(=O)(=O)/C=C/c4ccccc4)CC3)ncnc2s1. The van der Waals surface area contributed by atoms with E-state index in [2.05, 4.69) is 27.9 Å². The molecule has 0 N–H and O–H groups in total. The molecule has 0 amide bonds. The molecule has 3 aromatic rings. The van der Waals surface area contributed by atoms with E-state index in [1.807, 2.05) is 30.3 Å². The minimum atomic E-state index is -3.43. The van der Waals surface area contributed by atoms with Crippen LogP contribution < -0.4 is 4.90 Å². The molecule has 8 heteroatoms. The molecule has 6 nitrogen and oxygen atoms in total. The lowest BCUT2D eigenvalue weighted by atomic mass is 10.2. The van der Waals surface area contributed by atoms with Gasteiger partial charge in [0.25, 0.3) is 0 Å². The first-order chi connectivity index (χ1) is 13.0. The Labute approximate surface area is 162 Å². The molecule has 0 bridgehead atoms. The first kappa shape index (κ1) is 18.1. The summed E-state index contributed by atoms with van der Waals surface area (Å²) in [7, 11) is -3.43. The molecule has 1 fully saturated rings. The lowest BCUT2D eigenvalue weighted by Gasteiger charge is -2.34. The molecule has 140 valence electrons. The van der Waals surface area contributed by atoms with Crippen LogP contribution in [0.5, 0.6) is 0 Å². The van der Waals surface area contributed by atoms with Crippen molar-refractivity contribution in [3.63, 3.8) is 0 Å². The maximum Gasteiger partial charge on any atom is 0.236 e. The highest BCUT2D eigenvalue weighted by Crippen LogP contribution is 2.30. The third-order valence-electron chi connectivity index (χ3n) is 4.56. The molecule has 2 aromatic heterocycles. The highest BCUT2D eigenvalue weighted by Gasteiger charge is 2.26. The predicted molar refractivity (Wildman–Crippen MR) is 110 cm³/mol. The standard InChI is InChI=1S/C19H20N4O2S2/c1-15-13-17-18(20-14-21-19(17)26-15)22-8-10-23(11-9-22)27(24,25)12-7-16-5-3-2-4-6-16/h2-7,12-14H,8-11H2,1H3/b12-7+. The summed E-state index contributed by atoms with van der Waals surface area (Å²) >= 11 is 1.65. The smallest absolute Gasteiger partial charge is 0.236 e. The van der Waals surface area contributed by atoms with Crippen molar-refractivity contribution in [2.24, 2.45) is 0 Å². The highest BCUT2D eigenvalue weighted by atomic mass is 32.2. The van der Waals surface area contributed by atoms with Crippen molar-refractivity contribution in [2.75, 3.05) is 31.1 Å². The van der Waals surface area contributed by atoms with E-state index in [1.165, 1.54) is 14.6 Å². The number of sulfonamides is 1. The predicted octanol–water partition coefficient (Wildman–Crippen LogP) is 3.12. The van der Waals surface area contributed by atoms with Gasteiger partial charge in [-0.25, -0.2) is 18.4 Å². The lowest BCUT2D eigenvalue weighted by Crippen LogP contribution is -2.48. The summed E-state index contributed by atoms with van der Waals surface area (Å²) in [5.41, 5.74) is 0.871. The first-order valence-corrected chi connectivity index (χ1v) is 11.0. The molecule has 0 unspecified atom stereocenters. The largest absolute Gasteiger partial charge is 0.353 e. The molecule has 1 aromatic carbocycles. The van der Waals surface area contributed by atoms with Crippen LogP contribution in [0.4, 0.5) is 5.82 Å². The van der Waals surface area contributed by atoms with Crippen LogP contribution in [0.2, 0.25) is 0 Å². The number of rotatable bonds is 4. The van der Waals surface area contributed by atoms with Crippen LogP contribution in [0.25, 0.3) is 16.3 Å². The van der Waals surface area contributed by atoms with Gasteiger partial charge in [-0.1, -0.05) is 30.3 Å². The minimum absolute atomic E-state index is 0.441. The highest BCUT2D eigenvalue weighted by molar-refractivity contribution is 7.92. The minimum Gasteiger partial charge on any atom is -0.353 e. The zero-order valence-corrected chi connectivity index (χ0v) is 16.6. The molecule has 1 aliphatic rings. The number of fused-ring (bicyclic) bond motifs is 1. The molecular formula is C19H20N4O2S2. The van der Waals surface area contributed by atoms with E-state index in [0.717, 1.165) is 21.6 Å². The Morgan fingerprint density at radius 1 is 1.07 bits per heavy atom. The van der Waals surface area contributed by atoms with Gasteiger partial charge in [0.15, 0.2) is 0 Å². The van der Waals surface area contributed by atoms with Gasteiger partial charge in [-0.05, 0) is 24.6 Å². The van der Waals surface area contributed by atoms with E-state index in [-0.39, 0.29) is 0 Å². The summed E-state index contributed by atoms with van der Waals surface area (Å²) in [6.45, 7) is 4.16. The van der Waals surface area contributed by atoms with E-state index in [0.29, 0.717) is 26.2 Å². The monoisotopic (exact) mass is 400 g/mol. The fourth-order valence-corrected chi connectivity index (χ4v) is 5.20. The van der Waals surface area contributed by atoms with Crippen LogP contribution in [0.1, 0.15) is 10.4 Å². The maximum atomic E-state index is 12.6. The third kappa shape index (κ3) is 3.87. The van der Waals surface area contributed by atoms with Gasteiger partial charge in [-0.2, -0.15) is 4.31 Å². The van der Waals surface area contributed by atoms with Crippen LogP contribution in [0.3, 0.4) is 0 Å². The summed E-state index contributed by atoms with van der Waals surface area (Å²) in [6, 6.07) is 11.5. The van der Waals surface area contributed by atoms with Gasteiger partial charge in [-0.3, -0.25) is 0 Å². The van der Waals surface area contributed by atoms with Gasteiger partial charge in [0.1, 0.15) is 17.0 Å². The number of aryl methyl sites for hydroxylation is 1. The second-order valence-electron chi connectivity index (χ2n) is 6.42. The molecule has 4 rings (SSSR count). The van der Waals surface area contributed by atoms with Crippen LogP contribution in [-0.2, 0) is 10.0 Å². The number of hydrogen-bond donors (Lipinski definition) is 0. The van der Waals surface area contributed by atoms with E-state index in [4.69, 9.17) is 0 Å². The van der Waals surface area contributed by atoms with Gasteiger partial charge in [0.2, 0.25) is 10.0 Å². The number of thiophene rings is 1. The topological polar surface area (TPSA) is 66.4 Å². The third-order valence-corrected chi connectivity index (χ3v) is 7.09. The van der Waals surface area contributed by atoms with E-state index in [9.17, 15) is 8.42 Å². The van der Waals surface area contributed by atoms with Crippen LogP contribution in [0.15, 0.2) is 48.1 Å². The Morgan fingerprint density at radius 3 is 2.56 bits per heavy atom. The molecule has 0 aliphatic carbocycles. The molecular weight excluding hydrogens is 380 g/mol. The molecule has 1 aliphatic heterocycles. The number of benzene rings is 1. The second-order valence-corrected chi connectivity index (χ2v) is 9.47. The zero-order chi connectivity index (χ0) is 18.9. The van der Waals surface area contributed by atoms with Crippen molar-refractivity contribution >= 4 is 43.5 Å². The van der Waals surface area contributed by atoms with Crippen LogP contribution >= 0.6 is 11.3 Å². The van der Waals surface area contributed by atoms with Crippen molar-refractivity contribution < 1.29 is 8.42 Å². The van der Waals surface area contributed by atoms with Crippen molar-refractivity contribution in [3.05, 3.63) is 58.6 Å². The molecule has 27 heavy (non-hydrogen) atoms. The van der Waals surface area contributed by atoms with Crippen molar-refractivity contribution in [1.82, 2.24) is 14.3 Å². The Bertz CT molecular complexity index is 1070. The fraction of sp³-hybridized carbons (Fsp3) is 0.263. The number of piperazine rings is 1. The average molecular weight is 401 g/mol. The number of nitrogens with zero attached hydrogens (tertiary/aromatic N) is 4. The normalized spacial score (nSPS) is 16.4. The molecule has 0 spiro atoms. The Morgan fingerprint density at radius 2 is 1.81 bits per heavy atom. The van der Waals surface area contributed by atoms with Gasteiger partial charge in [-0.15, -0.1) is 11.3 Å². The summed E-state index contributed by atoms with van der Waals surface area (Å²) in [6.07, 6.45) is 3.23. The van der Waals surface area contributed by atoms with E-state index in [1.54, 1.807) is 23.7 Å². The number of hydrogen-bond acceptors (Lipinski definition) is 6. The van der Waals surface area contributed by atoms with Crippen molar-refractivity contribution in [3.8, 4) is 0 Å². The maximum absolute atomic E-state index is 12.6. The fourth-order valence-electron chi connectivity index (χ4n) is 3.18. The van der Waals surface area contributed by atoms with Gasteiger partial charge >= 0.3 is 0 Å². The summed E-state index contributed by atoms with van der Waals surface area (Å²) in [5.74, 6) is 0.890. The zero-order valence-electron chi connectivity index (χ0n) is 14.9. The number of aromatic nitrogens is 2. The average Bonchev–Trinajstić information content (AvgIpc) is 3.07. The quantitative estimate of drug-likeness (QED) is 0.673. The van der Waals surface area contributed by atoms with E-state index >= 15 is 0 Å². The van der Waals surface area contributed by atoms with Gasteiger partial charge in [0, 0.05) is 36.5 Å². The van der Waals surface area contributed by atoms with Crippen LogP contribution in [0, 0.1) is 6.92 Å². The Kier molecular flexibility index (Phi) is 4.94. The molecule has 0 radical (unpaired) electrons. The number of anilines is 1. The second kappa shape index (κ2) is 7.38. The summed E-state index contributed by atoms with van der Waals surface area (Å²) in [4.78, 5) is 13.1. The van der Waals surface area contributed by atoms with Crippen LogP contribution in [-0.4, -0.2) is 48.9 Å². The Balaban J connectivity index is 1.47. The van der Waals surface area contributed by atoms with E-state index < -0.39 is 10.0 Å². The summed E-state index contributed by atoms with van der Waals surface area (Å²) in [5, 5.41) is 2.34. The molecule has 3 heterocycles. The van der Waals surface area contributed by atoms with Gasteiger partial charge < -0.3 is 4.90 Å².